The molecule has 1 aliphatic carbocycles. The lowest BCUT2D eigenvalue weighted by atomic mass is 10.0. The Labute approximate surface area is 164 Å². The third kappa shape index (κ3) is 3.73. The maximum atomic E-state index is 12.9. The van der Waals surface area contributed by atoms with Crippen LogP contribution in [0.15, 0.2) is 48.5 Å². The fraction of sp³-hybridized carbons (Fsp3) is 0.143. The first-order valence-corrected chi connectivity index (χ1v) is 8.84. The molecule has 1 aromatic carbocycles. The highest BCUT2D eigenvalue weighted by Crippen LogP contribution is 2.31. The van der Waals surface area contributed by atoms with Crippen LogP contribution in [0.3, 0.4) is 0 Å². The Balaban J connectivity index is 1.71. The molecule has 2 N–H and O–H groups in total. The molecule has 0 saturated heterocycles. The Hall–Kier alpha value is -3.55. The number of carbonyl (C=O) groups is 1. The zero-order valence-electron chi connectivity index (χ0n) is 15.0. The summed E-state index contributed by atoms with van der Waals surface area (Å²) in [7, 11) is 0. The SMILES string of the molecule is N=Cc1ccc(-c2ccc3c(n2)C(=O)CC3)cc1Nc1cccc(C(F)(F)F)n1. The zero-order chi connectivity index (χ0) is 20.6. The number of anilines is 2. The Morgan fingerprint density at radius 2 is 1.86 bits per heavy atom. The number of hydrogen-bond donors (Lipinski definition) is 2. The molecule has 0 bridgehead atoms. The number of aromatic nitrogens is 2. The van der Waals surface area contributed by atoms with Crippen LogP contribution < -0.4 is 5.32 Å². The van der Waals surface area contributed by atoms with Crippen molar-refractivity contribution in [2.45, 2.75) is 19.0 Å². The number of nitrogens with zero attached hydrogens (tertiary/aromatic N) is 2. The van der Waals surface area contributed by atoms with E-state index in [1.54, 1.807) is 18.2 Å². The molecule has 0 atom stereocenters. The fourth-order valence-electron chi connectivity index (χ4n) is 3.21. The zero-order valence-corrected chi connectivity index (χ0v) is 15.0. The Morgan fingerprint density at radius 3 is 2.62 bits per heavy atom. The second-order valence-electron chi connectivity index (χ2n) is 6.60. The standard InChI is InChI=1S/C21H15F3N4O/c22-21(23,24)18-2-1-3-19(28-18)26-16-10-13(4-5-14(16)11-25)15-8-6-12-7-9-17(29)20(12)27-15/h1-6,8,10-11,25H,7,9H2,(H,26,28). The normalized spacial score (nSPS) is 13.3. The first-order chi connectivity index (χ1) is 13.8. The number of alkyl halides is 3. The summed E-state index contributed by atoms with van der Waals surface area (Å²) in [5, 5.41) is 10.4. The van der Waals surface area contributed by atoms with Crippen molar-refractivity contribution in [2.24, 2.45) is 0 Å². The number of nitrogens with one attached hydrogen (secondary N) is 2. The highest BCUT2D eigenvalue weighted by Gasteiger charge is 2.32. The first kappa shape index (κ1) is 18.8. The lowest BCUT2D eigenvalue weighted by molar-refractivity contribution is -0.141. The highest BCUT2D eigenvalue weighted by molar-refractivity contribution is 5.99. The van der Waals surface area contributed by atoms with E-state index in [-0.39, 0.29) is 11.6 Å². The predicted molar refractivity (Wildman–Crippen MR) is 103 cm³/mol. The van der Waals surface area contributed by atoms with Gasteiger partial charge in [0.05, 0.1) is 5.69 Å². The topological polar surface area (TPSA) is 78.7 Å². The van der Waals surface area contributed by atoms with Crippen molar-refractivity contribution in [3.05, 3.63) is 71.0 Å². The molecule has 3 aromatic rings. The smallest absolute Gasteiger partial charge is 0.340 e. The summed E-state index contributed by atoms with van der Waals surface area (Å²) in [6.07, 6.45) is -2.32. The number of hydrogen-bond acceptors (Lipinski definition) is 5. The quantitative estimate of drug-likeness (QED) is 0.606. The summed E-state index contributed by atoms with van der Waals surface area (Å²) in [5.41, 5.74) is 2.52. The molecule has 0 spiro atoms. The molecule has 1 aliphatic rings. The van der Waals surface area contributed by atoms with Gasteiger partial charge in [0, 0.05) is 29.4 Å². The van der Waals surface area contributed by atoms with Gasteiger partial charge in [0.25, 0.3) is 0 Å². The van der Waals surface area contributed by atoms with E-state index in [9.17, 15) is 18.0 Å². The van der Waals surface area contributed by atoms with Crippen molar-refractivity contribution in [1.82, 2.24) is 9.97 Å². The number of rotatable bonds is 4. The van der Waals surface area contributed by atoms with Crippen LogP contribution in [-0.4, -0.2) is 22.0 Å². The summed E-state index contributed by atoms with van der Waals surface area (Å²) >= 11 is 0. The maximum Gasteiger partial charge on any atom is 0.433 e. The van der Waals surface area contributed by atoms with Gasteiger partial charge in [-0.05, 0) is 36.2 Å². The molecule has 0 saturated carbocycles. The van der Waals surface area contributed by atoms with Crippen LogP contribution in [0.1, 0.15) is 33.7 Å². The minimum atomic E-state index is -4.55. The molecule has 4 rings (SSSR count). The van der Waals surface area contributed by atoms with Gasteiger partial charge in [0.15, 0.2) is 5.78 Å². The minimum Gasteiger partial charge on any atom is -0.340 e. The van der Waals surface area contributed by atoms with E-state index >= 15 is 0 Å². The summed E-state index contributed by atoms with van der Waals surface area (Å²) in [6.45, 7) is 0. The van der Waals surface area contributed by atoms with Gasteiger partial charge in [-0.15, -0.1) is 0 Å². The first-order valence-electron chi connectivity index (χ1n) is 8.84. The number of carbonyl (C=O) groups excluding carboxylic acids is 1. The number of fused-ring (bicyclic) bond motifs is 1. The molecule has 146 valence electrons. The second-order valence-corrected chi connectivity index (χ2v) is 6.60. The van der Waals surface area contributed by atoms with Crippen LogP contribution in [0.25, 0.3) is 11.3 Å². The molecular formula is C21H15F3N4O. The van der Waals surface area contributed by atoms with Crippen LogP contribution in [0.5, 0.6) is 0 Å². The lowest BCUT2D eigenvalue weighted by Crippen LogP contribution is -2.09. The van der Waals surface area contributed by atoms with E-state index in [1.807, 2.05) is 12.1 Å². The van der Waals surface area contributed by atoms with E-state index in [0.717, 1.165) is 17.8 Å². The third-order valence-electron chi connectivity index (χ3n) is 4.67. The van der Waals surface area contributed by atoms with Gasteiger partial charge >= 0.3 is 6.18 Å². The number of aryl methyl sites for hydroxylation is 1. The van der Waals surface area contributed by atoms with Gasteiger partial charge in [-0.3, -0.25) is 4.79 Å². The molecular weight excluding hydrogens is 381 g/mol. The van der Waals surface area contributed by atoms with Gasteiger partial charge in [0.1, 0.15) is 17.2 Å². The van der Waals surface area contributed by atoms with Crippen molar-refractivity contribution in [3.8, 4) is 11.3 Å². The Morgan fingerprint density at radius 1 is 1.03 bits per heavy atom. The molecule has 0 unspecified atom stereocenters. The van der Waals surface area contributed by atoms with E-state index in [4.69, 9.17) is 5.41 Å². The fourth-order valence-corrected chi connectivity index (χ4v) is 3.21. The molecule has 2 heterocycles. The van der Waals surface area contributed by atoms with E-state index in [1.165, 1.54) is 12.1 Å². The van der Waals surface area contributed by atoms with Crippen molar-refractivity contribution in [3.63, 3.8) is 0 Å². The Kier molecular flexibility index (Phi) is 4.62. The van der Waals surface area contributed by atoms with Crippen LogP contribution in [0, 0.1) is 5.41 Å². The third-order valence-corrected chi connectivity index (χ3v) is 4.67. The summed E-state index contributed by atoms with van der Waals surface area (Å²) in [4.78, 5) is 20.0. The molecule has 0 amide bonds. The van der Waals surface area contributed by atoms with Gasteiger partial charge in [0.2, 0.25) is 0 Å². The average molecular weight is 396 g/mol. The van der Waals surface area contributed by atoms with Gasteiger partial charge in [-0.25, -0.2) is 9.97 Å². The predicted octanol–water partition coefficient (Wildman–Crippen LogP) is 5.03. The van der Waals surface area contributed by atoms with Crippen molar-refractivity contribution in [2.75, 3.05) is 5.32 Å². The van der Waals surface area contributed by atoms with Crippen molar-refractivity contribution in [1.29, 1.82) is 5.41 Å². The van der Waals surface area contributed by atoms with Crippen LogP contribution in [0.2, 0.25) is 0 Å². The Bertz CT molecular complexity index is 1130. The number of benzene rings is 1. The molecule has 29 heavy (non-hydrogen) atoms. The second kappa shape index (κ2) is 7.12. The van der Waals surface area contributed by atoms with Crippen molar-refractivity contribution < 1.29 is 18.0 Å². The van der Waals surface area contributed by atoms with E-state index < -0.39 is 11.9 Å². The summed E-state index contributed by atoms with van der Waals surface area (Å²) in [5.74, 6) is 0.0154. The van der Waals surface area contributed by atoms with Crippen LogP contribution in [-0.2, 0) is 12.6 Å². The number of halogens is 3. The lowest BCUT2D eigenvalue weighted by Gasteiger charge is -2.13. The number of ketones is 1. The molecule has 0 radical (unpaired) electrons. The van der Waals surface area contributed by atoms with E-state index in [2.05, 4.69) is 15.3 Å². The molecule has 2 aromatic heterocycles. The summed E-state index contributed by atoms with van der Waals surface area (Å²) in [6, 6.07) is 12.3. The average Bonchev–Trinajstić information content (AvgIpc) is 3.08. The molecule has 0 fully saturated rings. The number of pyridine rings is 2. The van der Waals surface area contributed by atoms with E-state index in [0.29, 0.717) is 41.0 Å². The largest absolute Gasteiger partial charge is 0.433 e. The van der Waals surface area contributed by atoms with Crippen molar-refractivity contribution >= 4 is 23.5 Å². The monoisotopic (exact) mass is 396 g/mol. The van der Waals surface area contributed by atoms with Gasteiger partial charge < -0.3 is 10.7 Å². The molecule has 8 heteroatoms. The molecule has 5 nitrogen and oxygen atoms in total. The van der Waals surface area contributed by atoms with Gasteiger partial charge in [-0.1, -0.05) is 24.3 Å². The highest BCUT2D eigenvalue weighted by atomic mass is 19.4. The van der Waals surface area contributed by atoms with Crippen LogP contribution in [0.4, 0.5) is 24.7 Å². The van der Waals surface area contributed by atoms with Gasteiger partial charge in [-0.2, -0.15) is 13.2 Å². The minimum absolute atomic E-state index is 0.00414. The molecule has 0 aliphatic heterocycles. The van der Waals surface area contributed by atoms with Crippen LogP contribution >= 0.6 is 0 Å². The number of Topliss-reactive ketones (excluding diaryl/α,β-unsaturated/α-hetero) is 1. The summed E-state index contributed by atoms with van der Waals surface area (Å²) < 4.78 is 38.7. The maximum absolute atomic E-state index is 12.9.